The van der Waals surface area contributed by atoms with Gasteiger partial charge in [0.05, 0.1) is 7.11 Å². The molecule has 0 aromatic heterocycles. The summed E-state index contributed by atoms with van der Waals surface area (Å²) in [4.78, 5) is 2.73. The first-order valence-electron chi connectivity index (χ1n) is 8.75. The molecule has 2 bridgehead atoms. The molecule has 1 heterocycles. The Bertz CT molecular complexity index is 528. The van der Waals surface area contributed by atoms with E-state index in [0.29, 0.717) is 10.8 Å². The SMILES string of the molecule is CCc1cccc(OC)c1CN1CC2(C)CC1CC(C)(C)C2. The highest BCUT2D eigenvalue weighted by Crippen LogP contribution is 2.53. The lowest BCUT2D eigenvalue weighted by molar-refractivity contribution is 0.126. The smallest absolute Gasteiger partial charge is 0.123 e. The lowest BCUT2D eigenvalue weighted by atomic mass is 9.65. The Balaban J connectivity index is 1.86. The summed E-state index contributed by atoms with van der Waals surface area (Å²) in [5.41, 5.74) is 3.83. The molecule has 2 nitrogen and oxygen atoms in total. The van der Waals surface area contributed by atoms with Crippen LogP contribution in [0.1, 0.15) is 58.1 Å². The number of ether oxygens (including phenoxy) is 1. The Morgan fingerprint density at radius 2 is 2.00 bits per heavy atom. The summed E-state index contributed by atoms with van der Waals surface area (Å²) in [5, 5.41) is 0. The summed E-state index contributed by atoms with van der Waals surface area (Å²) in [6.45, 7) is 11.9. The number of nitrogens with zero attached hydrogens (tertiary/aromatic N) is 1. The van der Waals surface area contributed by atoms with Crippen LogP contribution in [0.5, 0.6) is 5.75 Å². The molecule has 3 rings (SSSR count). The molecule has 0 radical (unpaired) electrons. The number of fused-ring (bicyclic) bond motifs is 2. The van der Waals surface area contributed by atoms with Gasteiger partial charge in [-0.05, 0) is 48.1 Å². The van der Waals surface area contributed by atoms with Crippen LogP contribution in [0.3, 0.4) is 0 Å². The van der Waals surface area contributed by atoms with Gasteiger partial charge in [-0.2, -0.15) is 0 Å². The van der Waals surface area contributed by atoms with Gasteiger partial charge in [0.2, 0.25) is 0 Å². The van der Waals surface area contributed by atoms with Crippen molar-refractivity contribution in [2.45, 2.75) is 66.0 Å². The van der Waals surface area contributed by atoms with Crippen LogP contribution in [0.15, 0.2) is 18.2 Å². The van der Waals surface area contributed by atoms with Crippen LogP contribution in [0.25, 0.3) is 0 Å². The fourth-order valence-electron chi connectivity index (χ4n) is 5.28. The van der Waals surface area contributed by atoms with Crippen LogP contribution in [0, 0.1) is 10.8 Å². The second-order valence-electron chi connectivity index (χ2n) is 8.57. The van der Waals surface area contributed by atoms with Crippen LogP contribution >= 0.6 is 0 Å². The van der Waals surface area contributed by atoms with Crippen molar-refractivity contribution in [3.05, 3.63) is 29.3 Å². The first kappa shape index (κ1) is 15.9. The van der Waals surface area contributed by atoms with Crippen molar-refractivity contribution >= 4 is 0 Å². The maximum absolute atomic E-state index is 5.65. The molecule has 2 atom stereocenters. The summed E-state index contributed by atoms with van der Waals surface area (Å²) in [7, 11) is 1.80. The number of likely N-dealkylation sites (tertiary alicyclic amines) is 1. The Morgan fingerprint density at radius 3 is 2.68 bits per heavy atom. The van der Waals surface area contributed by atoms with Gasteiger partial charge in [-0.3, -0.25) is 4.90 Å². The van der Waals surface area contributed by atoms with E-state index < -0.39 is 0 Å². The summed E-state index contributed by atoms with van der Waals surface area (Å²) >= 11 is 0. The number of rotatable bonds is 4. The van der Waals surface area contributed by atoms with E-state index in [2.05, 4.69) is 50.8 Å². The van der Waals surface area contributed by atoms with Gasteiger partial charge in [0.15, 0.2) is 0 Å². The molecule has 0 spiro atoms. The summed E-state index contributed by atoms with van der Waals surface area (Å²) < 4.78 is 5.65. The van der Waals surface area contributed by atoms with E-state index >= 15 is 0 Å². The molecular weight excluding hydrogens is 270 g/mol. The van der Waals surface area contributed by atoms with Gasteiger partial charge < -0.3 is 4.74 Å². The molecular formula is C20H31NO. The number of benzene rings is 1. The van der Waals surface area contributed by atoms with Crippen LogP contribution in [-0.4, -0.2) is 24.6 Å². The normalized spacial score (nSPS) is 30.5. The average molecular weight is 301 g/mol. The highest BCUT2D eigenvalue weighted by Gasteiger charge is 2.49. The van der Waals surface area contributed by atoms with Gasteiger partial charge in [0, 0.05) is 24.7 Å². The summed E-state index contributed by atoms with van der Waals surface area (Å²) in [5.74, 6) is 1.06. The zero-order valence-corrected chi connectivity index (χ0v) is 14.9. The van der Waals surface area contributed by atoms with Crippen molar-refractivity contribution in [1.29, 1.82) is 0 Å². The van der Waals surface area contributed by atoms with Crippen molar-refractivity contribution in [3.63, 3.8) is 0 Å². The van der Waals surface area contributed by atoms with Crippen LogP contribution < -0.4 is 4.74 Å². The molecule has 1 aromatic carbocycles. The molecule has 22 heavy (non-hydrogen) atoms. The largest absolute Gasteiger partial charge is 0.496 e. The highest BCUT2D eigenvalue weighted by molar-refractivity contribution is 5.40. The quantitative estimate of drug-likeness (QED) is 0.802. The molecule has 2 heteroatoms. The van der Waals surface area contributed by atoms with E-state index in [0.717, 1.165) is 24.8 Å². The van der Waals surface area contributed by atoms with Crippen molar-refractivity contribution in [1.82, 2.24) is 4.90 Å². The van der Waals surface area contributed by atoms with Crippen molar-refractivity contribution in [2.24, 2.45) is 10.8 Å². The Hall–Kier alpha value is -1.02. The molecule has 0 amide bonds. The predicted octanol–water partition coefficient (Wildman–Crippen LogP) is 4.66. The Kier molecular flexibility index (Phi) is 4.01. The van der Waals surface area contributed by atoms with E-state index in [-0.39, 0.29) is 0 Å². The number of aryl methyl sites for hydroxylation is 1. The molecule has 0 N–H and O–H groups in total. The fraction of sp³-hybridized carbons (Fsp3) is 0.700. The van der Waals surface area contributed by atoms with E-state index in [1.54, 1.807) is 7.11 Å². The van der Waals surface area contributed by atoms with Crippen molar-refractivity contribution < 1.29 is 4.74 Å². The molecule has 2 unspecified atom stereocenters. The third-order valence-electron chi connectivity index (χ3n) is 5.72. The van der Waals surface area contributed by atoms with E-state index in [4.69, 9.17) is 4.74 Å². The standard InChI is InChI=1S/C20H31NO/c1-6-15-8-7-9-18(22-5)17(15)12-21-14-20(4)11-16(21)10-19(2,3)13-20/h7-9,16H,6,10-14H2,1-5H3. The second kappa shape index (κ2) is 5.56. The van der Waals surface area contributed by atoms with E-state index in [1.807, 2.05) is 0 Å². The summed E-state index contributed by atoms with van der Waals surface area (Å²) in [6.07, 6.45) is 5.14. The molecule has 122 valence electrons. The monoisotopic (exact) mass is 301 g/mol. The molecule has 1 aliphatic heterocycles. The second-order valence-corrected chi connectivity index (χ2v) is 8.57. The average Bonchev–Trinajstić information content (AvgIpc) is 2.67. The van der Waals surface area contributed by atoms with Gasteiger partial charge in [-0.25, -0.2) is 0 Å². The lowest BCUT2D eigenvalue weighted by Crippen LogP contribution is -2.34. The van der Waals surface area contributed by atoms with Gasteiger partial charge in [0.25, 0.3) is 0 Å². The minimum absolute atomic E-state index is 0.487. The molecule has 2 aliphatic rings. The molecule has 1 saturated carbocycles. The number of methoxy groups -OCH3 is 1. The zero-order chi connectivity index (χ0) is 16.0. The number of hydrogen-bond acceptors (Lipinski definition) is 2. The summed E-state index contributed by atoms with van der Waals surface area (Å²) in [6, 6.07) is 7.23. The van der Waals surface area contributed by atoms with Gasteiger partial charge in [-0.1, -0.05) is 39.8 Å². The lowest BCUT2D eigenvalue weighted by Gasteiger charge is -2.40. The maximum Gasteiger partial charge on any atom is 0.123 e. The van der Waals surface area contributed by atoms with Crippen LogP contribution in [0.2, 0.25) is 0 Å². The van der Waals surface area contributed by atoms with Gasteiger partial charge >= 0.3 is 0 Å². The van der Waals surface area contributed by atoms with Crippen molar-refractivity contribution in [3.8, 4) is 5.75 Å². The minimum atomic E-state index is 0.487. The molecule has 1 aliphatic carbocycles. The Morgan fingerprint density at radius 1 is 1.23 bits per heavy atom. The zero-order valence-electron chi connectivity index (χ0n) is 14.9. The third kappa shape index (κ3) is 2.90. The first-order chi connectivity index (χ1) is 10.4. The predicted molar refractivity (Wildman–Crippen MR) is 92.3 cm³/mol. The Labute approximate surface area is 135 Å². The van der Waals surface area contributed by atoms with Crippen LogP contribution in [-0.2, 0) is 13.0 Å². The van der Waals surface area contributed by atoms with E-state index in [9.17, 15) is 0 Å². The number of hydrogen-bond donors (Lipinski definition) is 0. The van der Waals surface area contributed by atoms with Crippen molar-refractivity contribution in [2.75, 3.05) is 13.7 Å². The first-order valence-corrected chi connectivity index (χ1v) is 8.75. The maximum atomic E-state index is 5.65. The minimum Gasteiger partial charge on any atom is -0.496 e. The van der Waals surface area contributed by atoms with Gasteiger partial charge in [-0.15, -0.1) is 0 Å². The fourth-order valence-corrected chi connectivity index (χ4v) is 5.28. The van der Waals surface area contributed by atoms with Gasteiger partial charge in [0.1, 0.15) is 5.75 Å². The van der Waals surface area contributed by atoms with Crippen LogP contribution in [0.4, 0.5) is 0 Å². The molecule has 1 saturated heterocycles. The third-order valence-corrected chi connectivity index (χ3v) is 5.72. The van der Waals surface area contributed by atoms with E-state index in [1.165, 1.54) is 36.9 Å². The molecule has 1 aromatic rings. The molecule has 2 fully saturated rings. The topological polar surface area (TPSA) is 12.5 Å². The highest BCUT2D eigenvalue weighted by atomic mass is 16.5.